The first kappa shape index (κ1) is 19.6. The molecule has 0 bridgehead atoms. The summed E-state index contributed by atoms with van der Waals surface area (Å²) in [7, 11) is 0. The largest absolute Gasteiger partial charge is 0.384 e. The summed E-state index contributed by atoms with van der Waals surface area (Å²) >= 11 is 0. The zero-order valence-corrected chi connectivity index (χ0v) is 16.3. The minimum atomic E-state index is -0.0558. The number of pyridine rings is 1. The molecule has 2 aromatic carbocycles. The maximum absolute atomic E-state index is 13.3. The van der Waals surface area contributed by atoms with Crippen LogP contribution in [-0.2, 0) is 6.54 Å². The second kappa shape index (κ2) is 10.3. The molecule has 0 atom stereocenters. The number of carbonyl (C=O) groups is 1. The van der Waals surface area contributed by atoms with Crippen LogP contribution in [0.25, 0.3) is 0 Å². The van der Waals surface area contributed by atoms with Gasteiger partial charge in [-0.2, -0.15) is 0 Å². The monoisotopic (exact) mass is 373 g/mol. The highest BCUT2D eigenvalue weighted by Gasteiger charge is 2.19. The quantitative estimate of drug-likeness (QED) is 0.502. The van der Waals surface area contributed by atoms with Crippen LogP contribution in [-0.4, -0.2) is 17.4 Å². The van der Waals surface area contributed by atoms with Gasteiger partial charge in [0.1, 0.15) is 0 Å². The molecule has 0 fully saturated rings. The van der Waals surface area contributed by atoms with Gasteiger partial charge in [0.05, 0.1) is 17.8 Å². The Morgan fingerprint density at radius 1 is 0.964 bits per heavy atom. The Bertz CT molecular complexity index is 865. The number of para-hydroxylation sites is 1. The molecule has 1 heterocycles. The van der Waals surface area contributed by atoms with Crippen LogP contribution < -0.4 is 10.2 Å². The van der Waals surface area contributed by atoms with Crippen LogP contribution >= 0.6 is 0 Å². The zero-order chi connectivity index (χ0) is 19.6. The lowest BCUT2D eigenvalue weighted by molar-refractivity contribution is 0.0985. The average Bonchev–Trinajstić information content (AvgIpc) is 2.76. The van der Waals surface area contributed by atoms with Crippen molar-refractivity contribution in [2.45, 2.75) is 32.7 Å². The summed E-state index contributed by atoms with van der Waals surface area (Å²) in [4.78, 5) is 19.4. The van der Waals surface area contributed by atoms with Crippen molar-refractivity contribution in [3.63, 3.8) is 0 Å². The van der Waals surface area contributed by atoms with E-state index in [-0.39, 0.29) is 5.91 Å². The highest BCUT2D eigenvalue weighted by molar-refractivity contribution is 6.06. The van der Waals surface area contributed by atoms with Gasteiger partial charge in [-0.15, -0.1) is 0 Å². The number of rotatable bonds is 9. The lowest BCUT2D eigenvalue weighted by atomic mass is 10.1. The van der Waals surface area contributed by atoms with Gasteiger partial charge < -0.3 is 10.2 Å². The Hall–Kier alpha value is -3.14. The number of hydrogen-bond acceptors (Lipinski definition) is 3. The smallest absolute Gasteiger partial charge is 0.260 e. The van der Waals surface area contributed by atoms with Crippen molar-refractivity contribution in [2.24, 2.45) is 0 Å². The number of carbonyl (C=O) groups excluding carboxylic acids is 1. The van der Waals surface area contributed by atoms with Gasteiger partial charge in [-0.1, -0.05) is 68.3 Å². The molecule has 3 aromatic rings. The topological polar surface area (TPSA) is 45.2 Å². The molecule has 0 saturated heterocycles. The molecule has 4 nitrogen and oxygen atoms in total. The van der Waals surface area contributed by atoms with E-state index in [2.05, 4.69) is 17.2 Å². The van der Waals surface area contributed by atoms with Crippen molar-refractivity contribution in [1.82, 2.24) is 4.98 Å². The van der Waals surface area contributed by atoms with Crippen molar-refractivity contribution in [3.05, 3.63) is 90.3 Å². The van der Waals surface area contributed by atoms with Crippen LogP contribution in [0.2, 0.25) is 0 Å². The van der Waals surface area contributed by atoms with E-state index in [0.717, 1.165) is 29.9 Å². The van der Waals surface area contributed by atoms with E-state index < -0.39 is 0 Å². The number of nitrogens with zero attached hydrogens (tertiary/aromatic N) is 2. The Kier molecular flexibility index (Phi) is 7.19. The van der Waals surface area contributed by atoms with Gasteiger partial charge in [-0.25, -0.2) is 0 Å². The third-order valence-corrected chi connectivity index (χ3v) is 4.59. The van der Waals surface area contributed by atoms with E-state index >= 15 is 0 Å². The molecule has 0 aliphatic rings. The van der Waals surface area contributed by atoms with E-state index in [4.69, 9.17) is 0 Å². The predicted octanol–water partition coefficient (Wildman–Crippen LogP) is 5.53. The van der Waals surface area contributed by atoms with Gasteiger partial charge in [-0.05, 0) is 30.2 Å². The van der Waals surface area contributed by atoms with E-state index in [1.807, 2.05) is 66.7 Å². The molecular formula is C24H27N3O. The maximum Gasteiger partial charge on any atom is 0.260 e. The molecule has 1 aromatic heterocycles. The van der Waals surface area contributed by atoms with E-state index in [9.17, 15) is 4.79 Å². The molecule has 3 rings (SSSR count). The fourth-order valence-electron chi connectivity index (χ4n) is 3.07. The van der Waals surface area contributed by atoms with Crippen LogP contribution in [0.3, 0.4) is 0 Å². The van der Waals surface area contributed by atoms with E-state index in [1.165, 1.54) is 12.8 Å². The molecule has 0 aliphatic carbocycles. The number of aromatic nitrogens is 1. The van der Waals surface area contributed by atoms with Crippen molar-refractivity contribution in [2.75, 3.05) is 16.8 Å². The first-order valence-corrected chi connectivity index (χ1v) is 9.87. The van der Waals surface area contributed by atoms with Gasteiger partial charge in [0.2, 0.25) is 0 Å². The molecule has 1 amide bonds. The number of unbranched alkanes of at least 4 members (excludes halogenated alkanes) is 2. The van der Waals surface area contributed by atoms with Crippen LogP contribution in [0.15, 0.2) is 79.1 Å². The highest BCUT2D eigenvalue weighted by atomic mass is 16.2. The fourth-order valence-corrected chi connectivity index (χ4v) is 3.07. The first-order chi connectivity index (χ1) is 13.8. The predicted molar refractivity (Wildman–Crippen MR) is 116 cm³/mol. The highest BCUT2D eigenvalue weighted by Crippen LogP contribution is 2.21. The standard InChI is InChI=1S/C24H27N3O/c1-2-3-10-15-26-22-16-21(17-25-18-22)24(28)27(23-13-8-5-9-14-23)19-20-11-6-4-7-12-20/h4-9,11-14,16-18,26H,2-3,10,15,19H2,1H3. The van der Waals surface area contributed by atoms with Crippen LogP contribution in [0.4, 0.5) is 11.4 Å². The molecule has 144 valence electrons. The zero-order valence-electron chi connectivity index (χ0n) is 16.3. The summed E-state index contributed by atoms with van der Waals surface area (Å²) < 4.78 is 0. The molecular weight excluding hydrogens is 346 g/mol. The van der Waals surface area contributed by atoms with Gasteiger partial charge in [-0.3, -0.25) is 9.78 Å². The maximum atomic E-state index is 13.3. The second-order valence-corrected chi connectivity index (χ2v) is 6.81. The minimum absolute atomic E-state index is 0.0558. The van der Waals surface area contributed by atoms with Crippen LogP contribution in [0, 0.1) is 0 Å². The summed E-state index contributed by atoms with van der Waals surface area (Å²) in [6.45, 7) is 3.59. The molecule has 28 heavy (non-hydrogen) atoms. The Labute approximate surface area is 167 Å². The number of nitrogens with one attached hydrogen (secondary N) is 1. The second-order valence-electron chi connectivity index (χ2n) is 6.81. The Morgan fingerprint density at radius 3 is 2.39 bits per heavy atom. The average molecular weight is 374 g/mol. The summed E-state index contributed by atoms with van der Waals surface area (Å²) in [6, 6.07) is 21.7. The Morgan fingerprint density at radius 2 is 1.68 bits per heavy atom. The van der Waals surface area contributed by atoms with E-state index in [1.54, 1.807) is 17.3 Å². The summed E-state index contributed by atoms with van der Waals surface area (Å²) in [6.07, 6.45) is 6.90. The molecule has 0 radical (unpaired) electrons. The van der Waals surface area contributed by atoms with Crippen molar-refractivity contribution < 1.29 is 4.79 Å². The molecule has 0 aliphatic heterocycles. The molecule has 0 unspecified atom stereocenters. The normalized spacial score (nSPS) is 10.5. The van der Waals surface area contributed by atoms with Crippen LogP contribution in [0.5, 0.6) is 0 Å². The third kappa shape index (κ3) is 5.43. The third-order valence-electron chi connectivity index (χ3n) is 4.59. The Balaban J connectivity index is 1.81. The first-order valence-electron chi connectivity index (χ1n) is 9.87. The molecule has 1 N–H and O–H groups in total. The molecule has 4 heteroatoms. The summed E-state index contributed by atoms with van der Waals surface area (Å²) in [5.74, 6) is -0.0558. The summed E-state index contributed by atoms with van der Waals surface area (Å²) in [5, 5.41) is 3.37. The van der Waals surface area contributed by atoms with Crippen molar-refractivity contribution in [1.29, 1.82) is 0 Å². The van der Waals surface area contributed by atoms with Gasteiger partial charge in [0.25, 0.3) is 5.91 Å². The number of hydrogen-bond donors (Lipinski definition) is 1. The number of amides is 1. The van der Waals surface area contributed by atoms with Gasteiger partial charge >= 0.3 is 0 Å². The number of benzene rings is 2. The van der Waals surface area contributed by atoms with Crippen LogP contribution in [0.1, 0.15) is 42.1 Å². The SMILES string of the molecule is CCCCCNc1cncc(C(=O)N(Cc2ccccc2)c2ccccc2)c1. The lowest BCUT2D eigenvalue weighted by Crippen LogP contribution is -2.30. The van der Waals surface area contributed by atoms with Crippen molar-refractivity contribution in [3.8, 4) is 0 Å². The van der Waals surface area contributed by atoms with Gasteiger partial charge in [0.15, 0.2) is 0 Å². The molecule has 0 saturated carbocycles. The number of anilines is 2. The van der Waals surface area contributed by atoms with E-state index in [0.29, 0.717) is 12.1 Å². The van der Waals surface area contributed by atoms with Crippen molar-refractivity contribution >= 4 is 17.3 Å². The fraction of sp³-hybridized carbons (Fsp3) is 0.250. The van der Waals surface area contributed by atoms with Gasteiger partial charge in [0, 0.05) is 24.6 Å². The minimum Gasteiger partial charge on any atom is -0.384 e. The molecule has 0 spiro atoms. The summed E-state index contributed by atoms with van der Waals surface area (Å²) in [5.41, 5.74) is 3.43. The lowest BCUT2D eigenvalue weighted by Gasteiger charge is -2.23.